The Labute approximate surface area is 109 Å². The lowest BCUT2D eigenvalue weighted by Gasteiger charge is -2.27. The second-order valence-electron chi connectivity index (χ2n) is 4.86. The normalized spacial score (nSPS) is 12.5. The third-order valence-electron chi connectivity index (χ3n) is 2.87. The minimum absolute atomic E-state index is 0.415. The lowest BCUT2D eigenvalue weighted by atomic mass is 10.0. The summed E-state index contributed by atoms with van der Waals surface area (Å²) in [4.78, 5) is 6.94. The van der Waals surface area contributed by atoms with Gasteiger partial charge in [-0.1, -0.05) is 26.1 Å². The van der Waals surface area contributed by atoms with E-state index < -0.39 is 0 Å². The molecule has 3 nitrogen and oxygen atoms in total. The Hall–Kier alpha value is -1.16. The summed E-state index contributed by atoms with van der Waals surface area (Å²) in [6, 6.07) is 4.23. The molecule has 1 unspecified atom stereocenters. The van der Waals surface area contributed by atoms with Crippen molar-refractivity contribution in [3.05, 3.63) is 23.9 Å². The summed E-state index contributed by atoms with van der Waals surface area (Å²) in [6.07, 6.45) is 2.89. The van der Waals surface area contributed by atoms with E-state index >= 15 is 0 Å². The largest absolute Gasteiger partial charge is 0.389 e. The first-order valence-electron chi connectivity index (χ1n) is 5.90. The van der Waals surface area contributed by atoms with Crippen LogP contribution < -0.4 is 10.6 Å². The molecule has 1 atom stereocenters. The van der Waals surface area contributed by atoms with E-state index in [-0.39, 0.29) is 0 Å². The molecule has 1 heterocycles. The molecule has 1 aromatic heterocycles. The van der Waals surface area contributed by atoms with Gasteiger partial charge < -0.3 is 10.6 Å². The van der Waals surface area contributed by atoms with E-state index in [4.69, 9.17) is 18.0 Å². The fourth-order valence-corrected chi connectivity index (χ4v) is 1.96. The van der Waals surface area contributed by atoms with E-state index in [1.165, 1.54) is 0 Å². The monoisotopic (exact) mass is 251 g/mol. The first-order valence-corrected chi connectivity index (χ1v) is 6.31. The Morgan fingerprint density at radius 1 is 1.47 bits per heavy atom. The summed E-state index contributed by atoms with van der Waals surface area (Å²) in [6.45, 7) is 6.65. The highest BCUT2D eigenvalue weighted by atomic mass is 32.1. The molecule has 17 heavy (non-hydrogen) atoms. The molecule has 2 N–H and O–H groups in total. The minimum Gasteiger partial charge on any atom is -0.389 e. The maximum Gasteiger partial charge on any atom is 0.129 e. The second-order valence-corrected chi connectivity index (χ2v) is 5.30. The highest BCUT2D eigenvalue weighted by Gasteiger charge is 2.13. The van der Waals surface area contributed by atoms with Crippen molar-refractivity contribution in [1.82, 2.24) is 4.98 Å². The smallest absolute Gasteiger partial charge is 0.129 e. The van der Waals surface area contributed by atoms with Gasteiger partial charge in [0.15, 0.2) is 0 Å². The van der Waals surface area contributed by atoms with Gasteiger partial charge in [-0.15, -0.1) is 0 Å². The zero-order chi connectivity index (χ0) is 13.0. The summed E-state index contributed by atoms with van der Waals surface area (Å²) in [5, 5.41) is 0. The van der Waals surface area contributed by atoms with Crippen LogP contribution in [0.25, 0.3) is 0 Å². The van der Waals surface area contributed by atoms with Crippen molar-refractivity contribution in [3.63, 3.8) is 0 Å². The van der Waals surface area contributed by atoms with Crippen molar-refractivity contribution < 1.29 is 0 Å². The molecule has 0 aliphatic carbocycles. The number of hydrogen-bond donors (Lipinski definition) is 1. The van der Waals surface area contributed by atoms with Gasteiger partial charge in [-0.2, -0.15) is 0 Å². The molecular formula is C13H21N3S. The molecule has 1 rings (SSSR count). The van der Waals surface area contributed by atoms with Gasteiger partial charge >= 0.3 is 0 Å². The van der Waals surface area contributed by atoms with E-state index in [2.05, 4.69) is 37.7 Å². The summed E-state index contributed by atoms with van der Waals surface area (Å²) < 4.78 is 0. The molecule has 0 spiro atoms. The van der Waals surface area contributed by atoms with Crippen molar-refractivity contribution >= 4 is 23.0 Å². The minimum atomic E-state index is 0.415. The Kier molecular flexibility index (Phi) is 4.87. The van der Waals surface area contributed by atoms with Crippen LogP contribution in [0.4, 0.5) is 5.82 Å². The Morgan fingerprint density at radius 2 is 2.12 bits per heavy atom. The number of rotatable bonds is 5. The molecule has 0 fully saturated rings. The van der Waals surface area contributed by atoms with Crippen molar-refractivity contribution in [3.8, 4) is 0 Å². The van der Waals surface area contributed by atoms with E-state index in [1.54, 1.807) is 6.20 Å². The molecule has 0 saturated carbocycles. The van der Waals surface area contributed by atoms with Crippen molar-refractivity contribution in [1.29, 1.82) is 0 Å². The van der Waals surface area contributed by atoms with Crippen LogP contribution in [0.1, 0.15) is 32.8 Å². The van der Waals surface area contributed by atoms with Gasteiger partial charge in [0.1, 0.15) is 10.8 Å². The molecule has 4 heteroatoms. The number of hydrogen-bond acceptors (Lipinski definition) is 3. The van der Waals surface area contributed by atoms with E-state index in [1.807, 2.05) is 12.1 Å². The Balaban J connectivity index is 2.84. The quantitative estimate of drug-likeness (QED) is 0.817. The first-order chi connectivity index (χ1) is 7.91. The lowest BCUT2D eigenvalue weighted by Crippen LogP contribution is -2.31. The molecule has 0 radical (unpaired) electrons. The molecule has 0 saturated heterocycles. The molecule has 0 aliphatic heterocycles. The van der Waals surface area contributed by atoms with Crippen LogP contribution in [0.2, 0.25) is 0 Å². The van der Waals surface area contributed by atoms with Crippen molar-refractivity contribution in [2.45, 2.75) is 33.2 Å². The third kappa shape index (κ3) is 3.97. The van der Waals surface area contributed by atoms with E-state index in [0.29, 0.717) is 16.9 Å². The predicted molar refractivity (Wildman–Crippen MR) is 77.4 cm³/mol. The number of anilines is 1. The standard InChI is InChI=1S/C13H21N3S/c1-9(2)7-10(3)16(4)12-8-11(13(14)17)5-6-15-12/h5-6,8-10H,7H2,1-4H3,(H2,14,17). The lowest BCUT2D eigenvalue weighted by molar-refractivity contribution is 0.502. The van der Waals surface area contributed by atoms with Crippen LogP contribution >= 0.6 is 12.2 Å². The second kappa shape index (κ2) is 5.96. The SMILES string of the molecule is CC(C)CC(C)N(C)c1cc(C(N)=S)ccn1. The van der Waals surface area contributed by atoms with Crippen LogP contribution in [0.15, 0.2) is 18.3 Å². The number of pyridine rings is 1. The van der Waals surface area contributed by atoms with Crippen LogP contribution in [0.3, 0.4) is 0 Å². The summed E-state index contributed by atoms with van der Waals surface area (Å²) in [5.41, 5.74) is 6.49. The van der Waals surface area contributed by atoms with Gasteiger partial charge in [-0.3, -0.25) is 0 Å². The number of nitrogens with two attached hydrogens (primary N) is 1. The van der Waals surface area contributed by atoms with Gasteiger partial charge in [0.05, 0.1) is 0 Å². The number of thiocarbonyl (C=S) groups is 1. The summed E-state index contributed by atoms with van der Waals surface area (Å²) >= 11 is 4.98. The molecule has 94 valence electrons. The average molecular weight is 251 g/mol. The Bertz CT molecular complexity index is 390. The maximum absolute atomic E-state index is 5.62. The molecule has 0 amide bonds. The van der Waals surface area contributed by atoms with Crippen molar-refractivity contribution in [2.75, 3.05) is 11.9 Å². The average Bonchev–Trinajstić information content (AvgIpc) is 2.27. The van der Waals surface area contributed by atoms with Gasteiger partial charge in [0.2, 0.25) is 0 Å². The highest BCUT2D eigenvalue weighted by Crippen LogP contribution is 2.17. The fourth-order valence-electron chi connectivity index (χ4n) is 1.83. The third-order valence-corrected chi connectivity index (χ3v) is 3.10. The molecular weight excluding hydrogens is 230 g/mol. The summed E-state index contributed by atoms with van der Waals surface area (Å²) in [7, 11) is 2.05. The summed E-state index contributed by atoms with van der Waals surface area (Å²) in [5.74, 6) is 1.59. The maximum atomic E-state index is 5.62. The highest BCUT2D eigenvalue weighted by molar-refractivity contribution is 7.80. The zero-order valence-corrected chi connectivity index (χ0v) is 11.8. The van der Waals surface area contributed by atoms with Gasteiger partial charge in [0, 0.05) is 24.8 Å². The fraction of sp³-hybridized carbons (Fsp3) is 0.538. The predicted octanol–water partition coefficient (Wildman–Crippen LogP) is 2.59. The van der Waals surface area contributed by atoms with Crippen LogP contribution in [0, 0.1) is 5.92 Å². The van der Waals surface area contributed by atoms with E-state index in [0.717, 1.165) is 17.8 Å². The number of nitrogens with zero attached hydrogens (tertiary/aromatic N) is 2. The van der Waals surface area contributed by atoms with Crippen LogP contribution in [-0.4, -0.2) is 23.1 Å². The van der Waals surface area contributed by atoms with Gasteiger partial charge in [-0.25, -0.2) is 4.98 Å². The molecule has 0 aromatic carbocycles. The van der Waals surface area contributed by atoms with Gasteiger partial charge in [-0.05, 0) is 31.4 Å². The van der Waals surface area contributed by atoms with Gasteiger partial charge in [0.25, 0.3) is 0 Å². The molecule has 0 bridgehead atoms. The first kappa shape index (κ1) is 13.9. The number of aromatic nitrogens is 1. The Morgan fingerprint density at radius 3 is 2.65 bits per heavy atom. The van der Waals surface area contributed by atoms with Crippen LogP contribution in [-0.2, 0) is 0 Å². The van der Waals surface area contributed by atoms with Crippen LogP contribution in [0.5, 0.6) is 0 Å². The molecule has 1 aromatic rings. The molecule has 0 aliphatic rings. The zero-order valence-electron chi connectivity index (χ0n) is 11.0. The van der Waals surface area contributed by atoms with E-state index in [9.17, 15) is 0 Å². The topological polar surface area (TPSA) is 42.1 Å². The van der Waals surface area contributed by atoms with Crippen molar-refractivity contribution in [2.24, 2.45) is 11.7 Å².